The summed E-state index contributed by atoms with van der Waals surface area (Å²) in [6.07, 6.45) is 12.8. The van der Waals surface area contributed by atoms with Crippen molar-refractivity contribution in [3.63, 3.8) is 0 Å². The van der Waals surface area contributed by atoms with E-state index in [1.807, 2.05) is 19.1 Å². The van der Waals surface area contributed by atoms with Crippen molar-refractivity contribution < 1.29 is 0 Å². The summed E-state index contributed by atoms with van der Waals surface area (Å²) in [5, 5.41) is 0. The van der Waals surface area contributed by atoms with Crippen molar-refractivity contribution in [1.29, 1.82) is 0 Å². The van der Waals surface area contributed by atoms with E-state index in [2.05, 4.69) is 32.1 Å². The normalized spacial score (nSPS) is 13.5. The van der Waals surface area contributed by atoms with Crippen molar-refractivity contribution in [2.75, 3.05) is 0 Å². The highest BCUT2D eigenvalue weighted by molar-refractivity contribution is 5.14. The lowest BCUT2D eigenvalue weighted by Crippen LogP contribution is -1.71. The van der Waals surface area contributed by atoms with Gasteiger partial charge in [-0.3, -0.25) is 0 Å². The third-order valence-corrected chi connectivity index (χ3v) is 1.44. The average molecular weight is 150 g/mol. The van der Waals surface area contributed by atoms with Gasteiger partial charge in [-0.15, -0.1) is 0 Å². The standard InChI is InChI=1S/C11H18/c1-4-6-7-8-10-11(3)9-5-2/h4,6-8,10H,5,9H2,1-3H3/b6-4+,8-7-,11-10+. The van der Waals surface area contributed by atoms with Gasteiger partial charge in [0.2, 0.25) is 0 Å². The smallest absolute Gasteiger partial charge is 0.0323 e. The second-order valence-corrected chi connectivity index (χ2v) is 2.67. The number of allylic oxidation sites excluding steroid dienone is 6. The Balaban J connectivity index is 3.71. The van der Waals surface area contributed by atoms with Crippen molar-refractivity contribution >= 4 is 0 Å². The monoisotopic (exact) mass is 150 g/mol. The van der Waals surface area contributed by atoms with E-state index < -0.39 is 0 Å². The summed E-state index contributed by atoms with van der Waals surface area (Å²) >= 11 is 0. The topological polar surface area (TPSA) is 0 Å². The van der Waals surface area contributed by atoms with E-state index in [0.717, 1.165) is 0 Å². The Kier molecular flexibility index (Phi) is 6.81. The van der Waals surface area contributed by atoms with E-state index >= 15 is 0 Å². The minimum atomic E-state index is 1.21. The van der Waals surface area contributed by atoms with Gasteiger partial charge in [0, 0.05) is 0 Å². The van der Waals surface area contributed by atoms with E-state index in [-0.39, 0.29) is 0 Å². The molecule has 0 aromatic rings. The van der Waals surface area contributed by atoms with Crippen LogP contribution in [0.2, 0.25) is 0 Å². The molecule has 0 aliphatic rings. The zero-order valence-electron chi connectivity index (χ0n) is 7.80. The van der Waals surface area contributed by atoms with Crippen LogP contribution in [-0.2, 0) is 0 Å². The average Bonchev–Trinajstić information content (AvgIpc) is 1.99. The van der Waals surface area contributed by atoms with Gasteiger partial charge in [-0.2, -0.15) is 0 Å². The SMILES string of the molecule is C/C=C/C=C\C=C(/C)CCC. The van der Waals surface area contributed by atoms with Crippen LogP contribution in [0, 0.1) is 0 Å². The first-order valence-electron chi connectivity index (χ1n) is 4.26. The molecule has 0 heteroatoms. The van der Waals surface area contributed by atoms with Gasteiger partial charge in [-0.1, -0.05) is 49.3 Å². The fourth-order valence-electron chi connectivity index (χ4n) is 0.873. The summed E-state index contributed by atoms with van der Waals surface area (Å²) in [6, 6.07) is 0. The molecule has 0 aromatic heterocycles. The van der Waals surface area contributed by atoms with Crippen LogP contribution in [0.25, 0.3) is 0 Å². The summed E-state index contributed by atoms with van der Waals surface area (Å²) in [4.78, 5) is 0. The molecule has 0 spiro atoms. The molecule has 0 aliphatic heterocycles. The molecular formula is C11H18. The van der Waals surface area contributed by atoms with Crippen molar-refractivity contribution in [2.24, 2.45) is 0 Å². The number of hydrogen-bond donors (Lipinski definition) is 0. The van der Waals surface area contributed by atoms with Gasteiger partial charge in [0.05, 0.1) is 0 Å². The van der Waals surface area contributed by atoms with Gasteiger partial charge in [0.15, 0.2) is 0 Å². The first-order chi connectivity index (χ1) is 5.31. The van der Waals surface area contributed by atoms with Crippen LogP contribution in [0.5, 0.6) is 0 Å². The van der Waals surface area contributed by atoms with Crippen molar-refractivity contribution in [1.82, 2.24) is 0 Å². The predicted molar refractivity (Wildman–Crippen MR) is 52.6 cm³/mol. The largest absolute Gasteiger partial charge is 0.0877 e. The van der Waals surface area contributed by atoms with Gasteiger partial charge < -0.3 is 0 Å². The molecule has 0 unspecified atom stereocenters. The molecule has 0 heterocycles. The fraction of sp³-hybridized carbons (Fsp3) is 0.455. The minimum Gasteiger partial charge on any atom is -0.0877 e. The number of hydrogen-bond acceptors (Lipinski definition) is 0. The highest BCUT2D eigenvalue weighted by Crippen LogP contribution is 2.02. The summed E-state index contributed by atoms with van der Waals surface area (Å²) in [5.74, 6) is 0. The highest BCUT2D eigenvalue weighted by atomic mass is 13.9. The minimum absolute atomic E-state index is 1.21. The molecule has 0 rings (SSSR count). The van der Waals surface area contributed by atoms with E-state index in [1.54, 1.807) is 0 Å². The molecule has 0 bridgehead atoms. The molecule has 0 fully saturated rings. The molecule has 0 nitrogen and oxygen atoms in total. The van der Waals surface area contributed by atoms with Crippen LogP contribution < -0.4 is 0 Å². The summed E-state index contributed by atoms with van der Waals surface area (Å²) in [5.41, 5.74) is 1.45. The summed E-state index contributed by atoms with van der Waals surface area (Å²) < 4.78 is 0. The first kappa shape index (κ1) is 10.2. The van der Waals surface area contributed by atoms with E-state index in [4.69, 9.17) is 0 Å². The molecule has 0 aromatic carbocycles. The van der Waals surface area contributed by atoms with Crippen LogP contribution >= 0.6 is 0 Å². The first-order valence-corrected chi connectivity index (χ1v) is 4.26. The van der Waals surface area contributed by atoms with E-state index in [0.29, 0.717) is 0 Å². The second-order valence-electron chi connectivity index (χ2n) is 2.67. The van der Waals surface area contributed by atoms with E-state index in [1.165, 1.54) is 18.4 Å². The summed E-state index contributed by atoms with van der Waals surface area (Å²) in [6.45, 7) is 6.39. The van der Waals surface area contributed by atoms with Crippen LogP contribution in [-0.4, -0.2) is 0 Å². The van der Waals surface area contributed by atoms with Crippen LogP contribution in [0.1, 0.15) is 33.6 Å². The highest BCUT2D eigenvalue weighted by Gasteiger charge is 1.81. The quantitative estimate of drug-likeness (QED) is 0.534. The molecular weight excluding hydrogens is 132 g/mol. The van der Waals surface area contributed by atoms with Crippen LogP contribution in [0.15, 0.2) is 36.0 Å². The Hall–Kier alpha value is -0.780. The Bertz CT molecular complexity index is 159. The van der Waals surface area contributed by atoms with Crippen molar-refractivity contribution in [2.45, 2.75) is 33.6 Å². The fourth-order valence-corrected chi connectivity index (χ4v) is 0.873. The molecule has 0 radical (unpaired) electrons. The maximum absolute atomic E-state index is 2.20. The van der Waals surface area contributed by atoms with Gasteiger partial charge in [0.1, 0.15) is 0 Å². The molecule has 0 N–H and O–H groups in total. The molecule has 0 aliphatic carbocycles. The third kappa shape index (κ3) is 7.11. The Morgan fingerprint density at radius 2 is 1.91 bits per heavy atom. The van der Waals surface area contributed by atoms with Gasteiger partial charge >= 0.3 is 0 Å². The lowest BCUT2D eigenvalue weighted by atomic mass is 10.1. The van der Waals surface area contributed by atoms with Crippen LogP contribution in [0.3, 0.4) is 0 Å². The Morgan fingerprint density at radius 1 is 1.18 bits per heavy atom. The molecule has 0 saturated heterocycles. The van der Waals surface area contributed by atoms with Gasteiger partial charge in [-0.25, -0.2) is 0 Å². The summed E-state index contributed by atoms with van der Waals surface area (Å²) in [7, 11) is 0. The maximum Gasteiger partial charge on any atom is -0.0323 e. The maximum atomic E-state index is 2.20. The molecule has 0 atom stereocenters. The molecule has 62 valence electrons. The zero-order valence-corrected chi connectivity index (χ0v) is 7.80. The van der Waals surface area contributed by atoms with Crippen molar-refractivity contribution in [3.8, 4) is 0 Å². The van der Waals surface area contributed by atoms with E-state index in [9.17, 15) is 0 Å². The third-order valence-electron chi connectivity index (χ3n) is 1.44. The van der Waals surface area contributed by atoms with Crippen LogP contribution in [0.4, 0.5) is 0 Å². The zero-order chi connectivity index (χ0) is 8.53. The van der Waals surface area contributed by atoms with Gasteiger partial charge in [0.25, 0.3) is 0 Å². The predicted octanol–water partition coefficient (Wildman–Crippen LogP) is 3.87. The second kappa shape index (κ2) is 7.33. The molecule has 11 heavy (non-hydrogen) atoms. The Morgan fingerprint density at radius 3 is 2.45 bits per heavy atom. The number of rotatable bonds is 4. The molecule has 0 saturated carbocycles. The lowest BCUT2D eigenvalue weighted by Gasteiger charge is -1.92. The Labute approximate surface area is 70.3 Å². The van der Waals surface area contributed by atoms with Gasteiger partial charge in [-0.05, 0) is 20.3 Å². The molecule has 0 amide bonds. The van der Waals surface area contributed by atoms with Crippen molar-refractivity contribution in [3.05, 3.63) is 36.0 Å². The lowest BCUT2D eigenvalue weighted by molar-refractivity contribution is 0.906.